The van der Waals surface area contributed by atoms with Gasteiger partial charge in [-0.3, -0.25) is 9.69 Å². The molecule has 2 heterocycles. The number of hydrogen-bond donors (Lipinski definition) is 1. The lowest BCUT2D eigenvalue weighted by Crippen LogP contribution is -2.48. The van der Waals surface area contributed by atoms with Crippen molar-refractivity contribution in [2.75, 3.05) is 44.2 Å². The maximum absolute atomic E-state index is 13.1. The molecule has 29 heavy (non-hydrogen) atoms. The highest BCUT2D eigenvalue weighted by molar-refractivity contribution is 6.35. The fraction of sp³-hybridized carbons (Fsp3) is 0.318. The van der Waals surface area contributed by atoms with Gasteiger partial charge in [0.1, 0.15) is 5.82 Å². The Morgan fingerprint density at radius 2 is 1.86 bits per heavy atom. The molecular formula is C22H23ClFN3O2. The summed E-state index contributed by atoms with van der Waals surface area (Å²) in [5.74, 6) is -0.126. The molecule has 0 spiro atoms. The number of rotatable bonds is 5. The van der Waals surface area contributed by atoms with Crippen molar-refractivity contribution >= 4 is 34.2 Å². The van der Waals surface area contributed by atoms with Gasteiger partial charge in [0, 0.05) is 55.9 Å². The molecule has 152 valence electrons. The third kappa shape index (κ3) is 4.23. The molecule has 1 aliphatic heterocycles. The van der Waals surface area contributed by atoms with Crippen LogP contribution < -0.4 is 10.2 Å². The van der Waals surface area contributed by atoms with E-state index in [1.165, 1.54) is 12.1 Å². The molecule has 3 aromatic rings. The number of aryl methyl sites for hydroxylation is 1. The number of benzene rings is 2. The Kier molecular flexibility index (Phi) is 5.74. The monoisotopic (exact) mass is 415 g/mol. The number of anilines is 1. The predicted octanol–water partition coefficient (Wildman–Crippen LogP) is 4.09. The standard InChI is InChI=1S/C22H23ClFN3O2/c1-15-18-3-2-4-19(23)21(18)29-20(15)22(28)25-9-10-26-11-13-27(14-12-26)17-7-5-16(24)6-8-17/h2-8H,9-14H2,1H3,(H,25,28). The zero-order valence-corrected chi connectivity index (χ0v) is 17.0. The lowest BCUT2D eigenvalue weighted by Gasteiger charge is -2.36. The molecule has 1 N–H and O–H groups in total. The SMILES string of the molecule is Cc1c(C(=O)NCCN2CCN(c3ccc(F)cc3)CC2)oc2c(Cl)cccc12. The Bertz CT molecular complexity index is 1010. The topological polar surface area (TPSA) is 48.7 Å². The molecule has 1 saturated heterocycles. The number of fused-ring (bicyclic) bond motifs is 1. The lowest BCUT2D eigenvalue weighted by molar-refractivity contribution is 0.0921. The fourth-order valence-corrected chi connectivity index (χ4v) is 3.93. The summed E-state index contributed by atoms with van der Waals surface area (Å²) in [5, 5.41) is 4.31. The number of carbonyl (C=O) groups excluding carboxylic acids is 1. The van der Waals surface area contributed by atoms with Crippen molar-refractivity contribution in [2.45, 2.75) is 6.92 Å². The number of para-hydroxylation sites is 1. The molecule has 2 aromatic carbocycles. The lowest BCUT2D eigenvalue weighted by atomic mass is 10.1. The van der Waals surface area contributed by atoms with E-state index in [9.17, 15) is 9.18 Å². The Hall–Kier alpha value is -2.57. The molecule has 0 radical (unpaired) electrons. The zero-order chi connectivity index (χ0) is 20.4. The van der Waals surface area contributed by atoms with Crippen LogP contribution in [0, 0.1) is 12.7 Å². The summed E-state index contributed by atoms with van der Waals surface area (Å²) in [6.07, 6.45) is 0. The van der Waals surface area contributed by atoms with Crippen LogP contribution in [0.2, 0.25) is 5.02 Å². The van der Waals surface area contributed by atoms with Crippen LogP contribution in [0.5, 0.6) is 0 Å². The van der Waals surface area contributed by atoms with Crippen LogP contribution >= 0.6 is 11.6 Å². The van der Waals surface area contributed by atoms with Gasteiger partial charge >= 0.3 is 0 Å². The van der Waals surface area contributed by atoms with E-state index >= 15 is 0 Å². The summed E-state index contributed by atoms with van der Waals surface area (Å²) in [7, 11) is 0. The number of carbonyl (C=O) groups is 1. The van der Waals surface area contributed by atoms with E-state index < -0.39 is 0 Å². The first-order chi connectivity index (χ1) is 14.0. The Morgan fingerprint density at radius 3 is 2.55 bits per heavy atom. The van der Waals surface area contributed by atoms with Gasteiger partial charge in [0.15, 0.2) is 11.3 Å². The number of piperazine rings is 1. The van der Waals surface area contributed by atoms with Crippen LogP contribution in [-0.2, 0) is 0 Å². The summed E-state index contributed by atoms with van der Waals surface area (Å²) < 4.78 is 18.8. The van der Waals surface area contributed by atoms with E-state index in [1.807, 2.05) is 31.2 Å². The molecule has 5 nitrogen and oxygen atoms in total. The normalized spacial score (nSPS) is 15.1. The smallest absolute Gasteiger partial charge is 0.287 e. The fourth-order valence-electron chi connectivity index (χ4n) is 3.71. The minimum absolute atomic E-state index is 0.218. The van der Waals surface area contributed by atoms with Gasteiger partial charge in [0.05, 0.1) is 5.02 Å². The van der Waals surface area contributed by atoms with E-state index in [4.69, 9.17) is 16.0 Å². The first-order valence-electron chi connectivity index (χ1n) is 9.71. The van der Waals surface area contributed by atoms with Gasteiger partial charge in [-0.1, -0.05) is 23.7 Å². The molecule has 7 heteroatoms. The molecule has 1 amide bonds. The van der Waals surface area contributed by atoms with Gasteiger partial charge in [-0.2, -0.15) is 0 Å². The van der Waals surface area contributed by atoms with Gasteiger partial charge in [-0.25, -0.2) is 4.39 Å². The number of furan rings is 1. The van der Waals surface area contributed by atoms with E-state index in [1.54, 1.807) is 6.07 Å². The van der Waals surface area contributed by atoms with Crippen molar-refractivity contribution in [3.63, 3.8) is 0 Å². The van der Waals surface area contributed by atoms with Crippen molar-refractivity contribution < 1.29 is 13.6 Å². The molecule has 0 aliphatic carbocycles. The van der Waals surface area contributed by atoms with Crippen molar-refractivity contribution in [1.29, 1.82) is 0 Å². The number of nitrogens with one attached hydrogen (secondary N) is 1. The van der Waals surface area contributed by atoms with E-state index in [-0.39, 0.29) is 11.7 Å². The Labute approximate surface area is 174 Å². The molecule has 1 fully saturated rings. The van der Waals surface area contributed by atoms with E-state index in [2.05, 4.69) is 15.1 Å². The first-order valence-corrected chi connectivity index (χ1v) is 10.1. The molecule has 4 rings (SSSR count). The van der Waals surface area contributed by atoms with Crippen LogP contribution in [0.1, 0.15) is 16.1 Å². The highest BCUT2D eigenvalue weighted by Gasteiger charge is 2.20. The molecule has 1 aliphatic rings. The number of amides is 1. The maximum atomic E-state index is 13.1. The first kappa shape index (κ1) is 19.7. The summed E-state index contributed by atoms with van der Waals surface area (Å²) in [4.78, 5) is 17.1. The summed E-state index contributed by atoms with van der Waals surface area (Å²) in [6.45, 7) is 6.72. The van der Waals surface area contributed by atoms with Gasteiger partial charge in [-0.15, -0.1) is 0 Å². The van der Waals surface area contributed by atoms with Crippen molar-refractivity contribution in [3.05, 3.63) is 64.6 Å². The maximum Gasteiger partial charge on any atom is 0.287 e. The molecule has 1 aromatic heterocycles. The summed E-state index contributed by atoms with van der Waals surface area (Å²) in [5.41, 5.74) is 2.39. The van der Waals surface area contributed by atoms with Crippen molar-refractivity contribution in [1.82, 2.24) is 10.2 Å². The second-order valence-corrected chi connectivity index (χ2v) is 7.64. The summed E-state index contributed by atoms with van der Waals surface area (Å²) in [6, 6.07) is 12.1. The quantitative estimate of drug-likeness (QED) is 0.682. The minimum atomic E-state index is -0.222. The van der Waals surface area contributed by atoms with Crippen molar-refractivity contribution in [2.24, 2.45) is 0 Å². The minimum Gasteiger partial charge on any atom is -0.449 e. The predicted molar refractivity (Wildman–Crippen MR) is 113 cm³/mol. The van der Waals surface area contributed by atoms with Crippen LogP contribution in [0.25, 0.3) is 11.0 Å². The number of halogens is 2. The summed E-state index contributed by atoms with van der Waals surface area (Å²) >= 11 is 6.16. The van der Waals surface area contributed by atoms with Gasteiger partial charge < -0.3 is 14.6 Å². The largest absolute Gasteiger partial charge is 0.449 e. The highest BCUT2D eigenvalue weighted by Crippen LogP contribution is 2.30. The van der Waals surface area contributed by atoms with Gasteiger partial charge in [-0.05, 0) is 37.3 Å². The highest BCUT2D eigenvalue weighted by atomic mass is 35.5. The van der Waals surface area contributed by atoms with Crippen LogP contribution in [0.15, 0.2) is 46.9 Å². The third-order valence-electron chi connectivity index (χ3n) is 5.40. The average molecular weight is 416 g/mol. The van der Waals surface area contributed by atoms with Crippen molar-refractivity contribution in [3.8, 4) is 0 Å². The number of hydrogen-bond acceptors (Lipinski definition) is 4. The third-order valence-corrected chi connectivity index (χ3v) is 5.70. The van der Waals surface area contributed by atoms with Gasteiger partial charge in [0.2, 0.25) is 0 Å². The molecular weight excluding hydrogens is 393 g/mol. The zero-order valence-electron chi connectivity index (χ0n) is 16.3. The molecule has 0 saturated carbocycles. The van der Waals surface area contributed by atoms with Gasteiger partial charge in [0.25, 0.3) is 5.91 Å². The van der Waals surface area contributed by atoms with E-state index in [0.717, 1.165) is 49.4 Å². The molecule has 0 unspecified atom stereocenters. The number of nitrogens with zero attached hydrogens (tertiary/aromatic N) is 2. The average Bonchev–Trinajstić information content (AvgIpc) is 3.07. The molecule has 0 bridgehead atoms. The van der Waals surface area contributed by atoms with Crippen LogP contribution in [0.4, 0.5) is 10.1 Å². The molecule has 0 atom stereocenters. The van der Waals surface area contributed by atoms with Crippen LogP contribution in [-0.4, -0.2) is 50.1 Å². The second-order valence-electron chi connectivity index (χ2n) is 7.23. The van der Waals surface area contributed by atoms with Crippen LogP contribution in [0.3, 0.4) is 0 Å². The van der Waals surface area contributed by atoms with E-state index in [0.29, 0.717) is 22.9 Å². The second kappa shape index (κ2) is 8.43. The Balaban J connectivity index is 1.28. The Morgan fingerprint density at radius 1 is 1.14 bits per heavy atom.